The molecule has 1 atom stereocenters. The van der Waals surface area contributed by atoms with Crippen LogP contribution in [0, 0.1) is 11.3 Å². The molecular weight excluding hydrogens is 296 g/mol. The highest BCUT2D eigenvalue weighted by Gasteiger charge is 2.32. The van der Waals surface area contributed by atoms with Crippen LogP contribution in [0.5, 0.6) is 0 Å². The number of halogens is 1. The van der Waals surface area contributed by atoms with Gasteiger partial charge in [-0.1, -0.05) is 29.3 Å². The van der Waals surface area contributed by atoms with Crippen molar-refractivity contribution in [2.45, 2.75) is 32.2 Å². The van der Waals surface area contributed by atoms with Gasteiger partial charge in [0, 0.05) is 4.47 Å². The van der Waals surface area contributed by atoms with Crippen molar-refractivity contribution in [1.29, 1.82) is 5.26 Å². The SMILES string of the molecule is CCCC(C)(Nc1ccc(Br)cc1C#N)C(=O)O. The fourth-order valence-corrected chi connectivity index (χ4v) is 2.10. The zero-order valence-corrected chi connectivity index (χ0v) is 11.9. The summed E-state index contributed by atoms with van der Waals surface area (Å²) in [6, 6.07) is 7.20. The third kappa shape index (κ3) is 3.23. The van der Waals surface area contributed by atoms with Gasteiger partial charge >= 0.3 is 5.97 Å². The van der Waals surface area contributed by atoms with Crippen molar-refractivity contribution in [3.05, 3.63) is 28.2 Å². The first-order valence-corrected chi connectivity index (χ1v) is 6.43. The Bertz CT molecular complexity index is 496. The molecule has 0 saturated carbocycles. The van der Waals surface area contributed by atoms with Gasteiger partial charge in [-0.15, -0.1) is 0 Å². The van der Waals surface area contributed by atoms with E-state index in [0.717, 1.165) is 10.9 Å². The topological polar surface area (TPSA) is 73.1 Å². The number of nitrogens with zero attached hydrogens (tertiary/aromatic N) is 1. The first kappa shape index (κ1) is 14.5. The minimum absolute atomic E-state index is 0.424. The van der Waals surface area contributed by atoms with E-state index in [-0.39, 0.29) is 0 Å². The highest BCUT2D eigenvalue weighted by atomic mass is 79.9. The number of nitrogens with one attached hydrogen (secondary N) is 1. The number of benzene rings is 1. The number of rotatable bonds is 5. The van der Waals surface area contributed by atoms with Gasteiger partial charge in [-0.25, -0.2) is 4.79 Å². The predicted octanol–water partition coefficient (Wildman–Crippen LogP) is 3.38. The van der Waals surface area contributed by atoms with Gasteiger partial charge in [0.1, 0.15) is 11.6 Å². The van der Waals surface area contributed by atoms with Gasteiger partial charge in [0.15, 0.2) is 0 Å². The van der Waals surface area contributed by atoms with E-state index in [0.29, 0.717) is 17.7 Å². The van der Waals surface area contributed by atoms with E-state index in [1.807, 2.05) is 6.92 Å². The van der Waals surface area contributed by atoms with Crippen molar-refractivity contribution in [2.75, 3.05) is 5.32 Å². The average Bonchev–Trinajstić information content (AvgIpc) is 2.31. The van der Waals surface area contributed by atoms with Crippen molar-refractivity contribution in [3.8, 4) is 6.07 Å². The number of hydrogen-bond acceptors (Lipinski definition) is 3. The van der Waals surface area contributed by atoms with Crippen LogP contribution < -0.4 is 5.32 Å². The second kappa shape index (κ2) is 5.87. The van der Waals surface area contributed by atoms with Crippen molar-refractivity contribution >= 4 is 27.6 Å². The summed E-state index contributed by atoms with van der Waals surface area (Å²) in [4.78, 5) is 11.3. The van der Waals surface area contributed by atoms with Gasteiger partial charge in [-0.2, -0.15) is 5.26 Å². The van der Waals surface area contributed by atoms with E-state index >= 15 is 0 Å². The number of nitriles is 1. The number of hydrogen-bond donors (Lipinski definition) is 2. The molecule has 0 saturated heterocycles. The second-order valence-corrected chi connectivity index (χ2v) is 5.23. The summed E-state index contributed by atoms with van der Waals surface area (Å²) < 4.78 is 0.789. The summed E-state index contributed by atoms with van der Waals surface area (Å²) in [5.74, 6) is -0.920. The standard InChI is InChI=1S/C13H15BrN2O2/c1-3-6-13(2,12(17)18)16-11-5-4-10(14)7-9(11)8-15/h4-5,7,16H,3,6H2,1-2H3,(H,17,18). The van der Waals surface area contributed by atoms with E-state index in [1.165, 1.54) is 0 Å². The fourth-order valence-electron chi connectivity index (χ4n) is 1.74. The Morgan fingerprint density at radius 3 is 2.78 bits per heavy atom. The van der Waals surface area contributed by atoms with Crippen molar-refractivity contribution < 1.29 is 9.90 Å². The average molecular weight is 311 g/mol. The van der Waals surface area contributed by atoms with Crippen molar-refractivity contribution in [2.24, 2.45) is 0 Å². The first-order chi connectivity index (χ1) is 8.42. The minimum atomic E-state index is -1.06. The molecule has 0 fully saturated rings. The van der Waals surface area contributed by atoms with Crippen molar-refractivity contribution in [3.63, 3.8) is 0 Å². The predicted molar refractivity (Wildman–Crippen MR) is 73.4 cm³/mol. The summed E-state index contributed by atoms with van der Waals surface area (Å²) in [5, 5.41) is 21.3. The van der Waals surface area contributed by atoms with Crippen molar-refractivity contribution in [1.82, 2.24) is 0 Å². The van der Waals surface area contributed by atoms with Gasteiger partial charge in [-0.3, -0.25) is 0 Å². The summed E-state index contributed by atoms with van der Waals surface area (Å²) in [7, 11) is 0. The van der Waals surface area contributed by atoms with Crippen LogP contribution in [0.15, 0.2) is 22.7 Å². The summed E-state index contributed by atoms with van der Waals surface area (Å²) in [5.41, 5.74) is -0.0965. The summed E-state index contributed by atoms with van der Waals surface area (Å²) >= 11 is 3.28. The van der Waals surface area contributed by atoms with Gasteiger partial charge in [0.05, 0.1) is 11.3 Å². The molecule has 0 spiro atoms. The van der Waals surface area contributed by atoms with Crippen LogP contribution in [0.1, 0.15) is 32.3 Å². The molecular formula is C13H15BrN2O2. The van der Waals surface area contributed by atoms with Gasteiger partial charge in [0.2, 0.25) is 0 Å². The fraction of sp³-hybridized carbons (Fsp3) is 0.385. The van der Waals surface area contributed by atoms with Crippen LogP contribution in [0.4, 0.5) is 5.69 Å². The van der Waals surface area contributed by atoms with Crippen LogP contribution in [-0.4, -0.2) is 16.6 Å². The third-order valence-corrected chi connectivity index (χ3v) is 3.23. The molecule has 0 amide bonds. The van der Waals surface area contributed by atoms with E-state index in [1.54, 1.807) is 25.1 Å². The lowest BCUT2D eigenvalue weighted by Gasteiger charge is -2.27. The lowest BCUT2D eigenvalue weighted by molar-refractivity contribution is -0.141. The number of anilines is 1. The highest BCUT2D eigenvalue weighted by Crippen LogP contribution is 2.25. The Labute approximate surface area is 115 Å². The van der Waals surface area contributed by atoms with Crippen LogP contribution in [0.2, 0.25) is 0 Å². The van der Waals surface area contributed by atoms with Gasteiger partial charge < -0.3 is 10.4 Å². The Balaban J connectivity index is 3.09. The molecule has 0 heterocycles. The van der Waals surface area contributed by atoms with Crippen LogP contribution >= 0.6 is 15.9 Å². The molecule has 0 bridgehead atoms. The van der Waals surface area contributed by atoms with Gasteiger partial charge in [0.25, 0.3) is 0 Å². The Kier molecular flexibility index (Phi) is 4.74. The molecule has 5 heteroatoms. The smallest absolute Gasteiger partial charge is 0.329 e. The van der Waals surface area contributed by atoms with E-state index in [9.17, 15) is 9.90 Å². The van der Waals surface area contributed by atoms with Crippen LogP contribution in [-0.2, 0) is 4.79 Å². The van der Waals surface area contributed by atoms with E-state index in [4.69, 9.17) is 5.26 Å². The summed E-state index contributed by atoms with van der Waals surface area (Å²) in [6.45, 7) is 3.55. The van der Waals surface area contributed by atoms with E-state index in [2.05, 4.69) is 27.3 Å². The zero-order valence-electron chi connectivity index (χ0n) is 10.3. The maximum atomic E-state index is 11.3. The quantitative estimate of drug-likeness (QED) is 0.874. The molecule has 0 aliphatic carbocycles. The first-order valence-electron chi connectivity index (χ1n) is 5.64. The number of carboxylic acid groups (broad SMARTS) is 1. The molecule has 1 rings (SSSR count). The molecule has 0 radical (unpaired) electrons. The Morgan fingerprint density at radius 1 is 1.61 bits per heavy atom. The second-order valence-electron chi connectivity index (χ2n) is 4.31. The number of aliphatic carboxylic acids is 1. The largest absolute Gasteiger partial charge is 0.480 e. The van der Waals surface area contributed by atoms with Crippen LogP contribution in [0.3, 0.4) is 0 Å². The lowest BCUT2D eigenvalue weighted by Crippen LogP contribution is -2.43. The molecule has 18 heavy (non-hydrogen) atoms. The molecule has 1 aromatic carbocycles. The molecule has 4 nitrogen and oxygen atoms in total. The number of carboxylic acids is 1. The maximum Gasteiger partial charge on any atom is 0.329 e. The molecule has 96 valence electrons. The zero-order chi connectivity index (χ0) is 13.8. The Hall–Kier alpha value is -1.54. The molecule has 0 aliphatic heterocycles. The number of carbonyl (C=O) groups is 1. The van der Waals surface area contributed by atoms with E-state index < -0.39 is 11.5 Å². The van der Waals surface area contributed by atoms with Crippen LogP contribution in [0.25, 0.3) is 0 Å². The molecule has 2 N–H and O–H groups in total. The monoisotopic (exact) mass is 310 g/mol. The molecule has 0 aromatic heterocycles. The normalized spacial score (nSPS) is 13.4. The van der Waals surface area contributed by atoms with Gasteiger partial charge in [-0.05, 0) is 31.5 Å². The maximum absolute atomic E-state index is 11.3. The third-order valence-electron chi connectivity index (χ3n) is 2.73. The molecule has 0 aliphatic rings. The minimum Gasteiger partial charge on any atom is -0.480 e. The summed E-state index contributed by atoms with van der Waals surface area (Å²) in [6.07, 6.45) is 1.23. The lowest BCUT2D eigenvalue weighted by atomic mass is 9.95. The molecule has 1 aromatic rings. The highest BCUT2D eigenvalue weighted by molar-refractivity contribution is 9.10. The Morgan fingerprint density at radius 2 is 2.28 bits per heavy atom. The molecule has 1 unspecified atom stereocenters.